The zero-order valence-corrected chi connectivity index (χ0v) is 13.5. The van der Waals surface area contributed by atoms with E-state index in [1.165, 1.54) is 18.3 Å². The van der Waals surface area contributed by atoms with E-state index in [4.69, 9.17) is 16.6 Å². The van der Waals surface area contributed by atoms with Crippen molar-refractivity contribution in [1.82, 2.24) is 10.7 Å². The van der Waals surface area contributed by atoms with Gasteiger partial charge in [0.25, 0.3) is 5.69 Å². The zero-order valence-electron chi connectivity index (χ0n) is 12.6. The molecule has 120 valence electrons. The number of thiocarbonyl (C=S) groups is 1. The lowest BCUT2D eigenvalue weighted by Crippen LogP contribution is -2.36. The number of rotatable bonds is 5. The lowest BCUT2D eigenvalue weighted by atomic mass is 10.1. The van der Waals surface area contributed by atoms with Crippen molar-refractivity contribution in [2.45, 2.75) is 19.9 Å². The molecule has 0 saturated carbocycles. The molecule has 0 aliphatic rings. The standard InChI is InChI=1S/C15H16N4O3S/c1-10(2)17-15(23)18-16-9-13-7-8-14(22-13)11-3-5-12(6-4-11)19(20)21/h3-10H,1-2H3,(H2,17,18,23)/b16-9-. The van der Waals surface area contributed by atoms with Gasteiger partial charge in [0, 0.05) is 23.7 Å². The highest BCUT2D eigenvalue weighted by Crippen LogP contribution is 2.23. The number of nitrogens with one attached hydrogen (secondary N) is 2. The Balaban J connectivity index is 2.00. The van der Waals surface area contributed by atoms with Gasteiger partial charge in [-0.25, -0.2) is 0 Å². The summed E-state index contributed by atoms with van der Waals surface area (Å²) >= 11 is 5.04. The summed E-state index contributed by atoms with van der Waals surface area (Å²) in [6.07, 6.45) is 1.50. The summed E-state index contributed by atoms with van der Waals surface area (Å²) in [5, 5.41) is 18.0. The number of furan rings is 1. The van der Waals surface area contributed by atoms with Crippen LogP contribution in [-0.4, -0.2) is 22.3 Å². The van der Waals surface area contributed by atoms with Gasteiger partial charge in [0.1, 0.15) is 11.5 Å². The van der Waals surface area contributed by atoms with Crippen LogP contribution in [0.4, 0.5) is 5.69 Å². The Morgan fingerprint density at radius 3 is 2.61 bits per heavy atom. The number of nitrogens with zero attached hydrogens (tertiary/aromatic N) is 2. The van der Waals surface area contributed by atoms with Crippen molar-refractivity contribution in [3.05, 3.63) is 52.3 Å². The monoisotopic (exact) mass is 332 g/mol. The highest BCUT2D eigenvalue weighted by Gasteiger charge is 2.07. The van der Waals surface area contributed by atoms with Crippen molar-refractivity contribution >= 4 is 29.2 Å². The van der Waals surface area contributed by atoms with Gasteiger partial charge < -0.3 is 9.73 Å². The topological polar surface area (TPSA) is 92.7 Å². The molecule has 0 aliphatic heterocycles. The highest BCUT2D eigenvalue weighted by molar-refractivity contribution is 7.80. The molecular formula is C15H16N4O3S. The minimum atomic E-state index is -0.441. The van der Waals surface area contributed by atoms with Crippen molar-refractivity contribution in [3.8, 4) is 11.3 Å². The minimum absolute atomic E-state index is 0.0393. The third-order valence-corrected chi connectivity index (χ3v) is 2.98. The average molecular weight is 332 g/mol. The zero-order chi connectivity index (χ0) is 16.8. The second kappa shape index (κ2) is 7.50. The van der Waals surface area contributed by atoms with Crippen LogP contribution in [-0.2, 0) is 0 Å². The van der Waals surface area contributed by atoms with E-state index in [0.29, 0.717) is 16.6 Å². The van der Waals surface area contributed by atoms with Crippen LogP contribution in [0.1, 0.15) is 19.6 Å². The van der Waals surface area contributed by atoms with Crippen LogP contribution < -0.4 is 10.7 Å². The molecule has 7 nitrogen and oxygen atoms in total. The summed E-state index contributed by atoms with van der Waals surface area (Å²) in [5.74, 6) is 1.14. The van der Waals surface area contributed by atoms with Crippen LogP contribution in [0.15, 0.2) is 45.9 Å². The van der Waals surface area contributed by atoms with E-state index in [1.54, 1.807) is 24.3 Å². The summed E-state index contributed by atoms with van der Waals surface area (Å²) < 4.78 is 5.61. The Bertz CT molecular complexity index is 723. The Labute approximate surface area is 138 Å². The highest BCUT2D eigenvalue weighted by atomic mass is 32.1. The van der Waals surface area contributed by atoms with E-state index in [1.807, 2.05) is 13.8 Å². The number of nitro groups is 1. The predicted molar refractivity (Wildman–Crippen MR) is 92.4 cm³/mol. The molecule has 8 heteroatoms. The van der Waals surface area contributed by atoms with Crippen molar-refractivity contribution in [2.24, 2.45) is 5.10 Å². The van der Waals surface area contributed by atoms with Crippen molar-refractivity contribution in [1.29, 1.82) is 0 Å². The van der Waals surface area contributed by atoms with Crippen LogP contribution in [0.3, 0.4) is 0 Å². The van der Waals surface area contributed by atoms with Crippen molar-refractivity contribution < 1.29 is 9.34 Å². The van der Waals surface area contributed by atoms with E-state index in [2.05, 4.69) is 15.8 Å². The molecule has 0 fully saturated rings. The second-order valence-electron chi connectivity index (χ2n) is 5.00. The van der Waals surface area contributed by atoms with E-state index < -0.39 is 4.92 Å². The van der Waals surface area contributed by atoms with Crippen LogP contribution >= 0.6 is 12.2 Å². The first-order valence-corrected chi connectivity index (χ1v) is 7.31. The van der Waals surface area contributed by atoms with Gasteiger partial charge in [0.15, 0.2) is 5.11 Å². The second-order valence-corrected chi connectivity index (χ2v) is 5.41. The van der Waals surface area contributed by atoms with Crippen molar-refractivity contribution in [3.63, 3.8) is 0 Å². The van der Waals surface area contributed by atoms with Gasteiger partial charge >= 0.3 is 0 Å². The van der Waals surface area contributed by atoms with Crippen LogP contribution in [0.25, 0.3) is 11.3 Å². The molecule has 0 atom stereocenters. The third-order valence-electron chi connectivity index (χ3n) is 2.77. The maximum atomic E-state index is 10.6. The first-order valence-electron chi connectivity index (χ1n) is 6.90. The van der Waals surface area contributed by atoms with E-state index in [0.717, 1.165) is 5.56 Å². The Hall–Kier alpha value is -2.74. The summed E-state index contributed by atoms with van der Waals surface area (Å²) in [6.45, 7) is 3.95. The quantitative estimate of drug-likeness (QED) is 0.378. The molecular weight excluding hydrogens is 316 g/mol. The first kappa shape index (κ1) is 16.6. The molecule has 0 bridgehead atoms. The number of benzene rings is 1. The van der Waals surface area contributed by atoms with E-state index >= 15 is 0 Å². The van der Waals surface area contributed by atoms with Gasteiger partial charge in [-0.3, -0.25) is 15.5 Å². The fraction of sp³-hybridized carbons (Fsp3) is 0.200. The number of hydrogen-bond acceptors (Lipinski definition) is 5. The summed E-state index contributed by atoms with van der Waals surface area (Å²) in [4.78, 5) is 10.2. The Kier molecular flexibility index (Phi) is 5.42. The molecule has 1 aromatic heterocycles. The van der Waals surface area contributed by atoms with Crippen molar-refractivity contribution in [2.75, 3.05) is 0 Å². The summed E-state index contributed by atoms with van der Waals surface area (Å²) in [7, 11) is 0. The van der Waals surface area contributed by atoms with Crippen LogP contribution in [0.5, 0.6) is 0 Å². The normalized spacial score (nSPS) is 10.9. The van der Waals surface area contributed by atoms with E-state index in [9.17, 15) is 10.1 Å². The SMILES string of the molecule is CC(C)NC(=S)N/N=C\c1ccc(-c2ccc([N+](=O)[O-])cc2)o1. The van der Waals surface area contributed by atoms with Gasteiger partial charge in [-0.2, -0.15) is 5.10 Å². The molecule has 2 N–H and O–H groups in total. The Morgan fingerprint density at radius 1 is 1.30 bits per heavy atom. The average Bonchev–Trinajstić information content (AvgIpc) is 2.95. The fourth-order valence-electron chi connectivity index (χ4n) is 1.77. The fourth-order valence-corrected chi connectivity index (χ4v) is 2.06. The number of hydrazone groups is 1. The van der Waals surface area contributed by atoms with Crippen LogP contribution in [0, 0.1) is 10.1 Å². The third kappa shape index (κ3) is 4.89. The lowest BCUT2D eigenvalue weighted by molar-refractivity contribution is -0.384. The predicted octanol–water partition coefficient (Wildman–Crippen LogP) is 3.06. The summed E-state index contributed by atoms with van der Waals surface area (Å²) in [6, 6.07) is 9.89. The number of hydrogen-bond donors (Lipinski definition) is 2. The van der Waals surface area contributed by atoms with E-state index in [-0.39, 0.29) is 11.7 Å². The molecule has 1 heterocycles. The molecule has 0 aliphatic carbocycles. The van der Waals surface area contributed by atoms with Gasteiger partial charge in [-0.1, -0.05) is 0 Å². The first-order chi connectivity index (χ1) is 11.0. The molecule has 0 spiro atoms. The molecule has 2 rings (SSSR count). The maximum Gasteiger partial charge on any atom is 0.269 e. The summed E-state index contributed by atoms with van der Waals surface area (Å²) in [5.41, 5.74) is 3.48. The molecule has 0 saturated heterocycles. The molecule has 2 aromatic rings. The largest absolute Gasteiger partial charge is 0.455 e. The lowest BCUT2D eigenvalue weighted by Gasteiger charge is -2.08. The smallest absolute Gasteiger partial charge is 0.269 e. The maximum absolute atomic E-state index is 10.6. The van der Waals surface area contributed by atoms with Gasteiger partial charge in [-0.15, -0.1) is 0 Å². The van der Waals surface area contributed by atoms with Gasteiger partial charge in [0.05, 0.1) is 11.1 Å². The number of non-ortho nitro benzene ring substituents is 1. The molecule has 0 amide bonds. The molecule has 0 radical (unpaired) electrons. The number of nitro benzene ring substituents is 1. The van der Waals surface area contributed by atoms with Gasteiger partial charge in [0.2, 0.25) is 0 Å². The molecule has 0 unspecified atom stereocenters. The van der Waals surface area contributed by atoms with Crippen LogP contribution in [0.2, 0.25) is 0 Å². The van der Waals surface area contributed by atoms with Gasteiger partial charge in [-0.05, 0) is 50.3 Å². The molecule has 1 aromatic carbocycles. The molecule has 23 heavy (non-hydrogen) atoms. The Morgan fingerprint density at radius 2 is 2.00 bits per heavy atom. The minimum Gasteiger partial charge on any atom is -0.455 e.